The summed E-state index contributed by atoms with van der Waals surface area (Å²) in [5, 5.41) is 2.72. The molecule has 4 rings (SSSR count). The van der Waals surface area contributed by atoms with E-state index in [-0.39, 0.29) is 0 Å². The van der Waals surface area contributed by atoms with E-state index in [4.69, 9.17) is 0 Å². The molecule has 1 saturated heterocycles. The first-order valence-electron chi connectivity index (χ1n) is 8.18. The van der Waals surface area contributed by atoms with E-state index in [0.717, 1.165) is 4.22 Å². The van der Waals surface area contributed by atoms with Gasteiger partial charge in [-0.3, -0.25) is 0 Å². The molecule has 0 spiro atoms. The second-order valence-corrected chi connectivity index (χ2v) is 17.7. The van der Waals surface area contributed by atoms with Crippen LogP contribution in [0.2, 0.25) is 9.95 Å². The first-order valence-corrected chi connectivity index (χ1v) is 13.3. The van der Waals surface area contributed by atoms with Crippen LogP contribution in [0.25, 0.3) is 0 Å². The summed E-state index contributed by atoms with van der Waals surface area (Å²) in [7, 11) is 0. The third-order valence-electron chi connectivity index (χ3n) is 6.55. The van der Waals surface area contributed by atoms with Crippen LogP contribution in [0.1, 0.15) is 29.0 Å². The molecule has 3 aliphatic rings. The number of hydrogen-bond donors (Lipinski definition) is 0. The molecular formula is C20H23Ti. The zero-order valence-electron chi connectivity index (χ0n) is 12.8. The normalized spacial score (nSPS) is 30.1. The molecule has 1 heteroatoms. The fourth-order valence-corrected chi connectivity index (χ4v) is 16.4. The van der Waals surface area contributed by atoms with Crippen LogP contribution in [0.3, 0.4) is 0 Å². The van der Waals surface area contributed by atoms with Crippen molar-refractivity contribution in [2.24, 2.45) is 0 Å². The summed E-state index contributed by atoms with van der Waals surface area (Å²) in [6.07, 6.45) is 18.0. The van der Waals surface area contributed by atoms with Gasteiger partial charge in [0.1, 0.15) is 0 Å². The standard InChI is InChI=1S/C9H10.2C5H5.CH3.Ti/c1-2-6-9-7-4-3-5-8-9;2*1-2-4-5-3-1;;/h3-8H,1-2H2;2*1-3H,4H2;1H3;. The van der Waals surface area contributed by atoms with Gasteiger partial charge < -0.3 is 0 Å². The quantitative estimate of drug-likeness (QED) is 0.603. The summed E-state index contributed by atoms with van der Waals surface area (Å²) < 4.78 is 5.89. The monoisotopic (exact) mass is 311 g/mol. The van der Waals surface area contributed by atoms with Crippen molar-refractivity contribution >= 4 is 0 Å². The zero-order chi connectivity index (χ0) is 14.4. The number of rotatable bonds is 3. The van der Waals surface area contributed by atoms with Gasteiger partial charge in [-0.2, -0.15) is 0 Å². The van der Waals surface area contributed by atoms with Gasteiger partial charge >= 0.3 is 129 Å². The molecule has 0 radical (unpaired) electrons. The Bertz CT molecular complexity index is 658. The Morgan fingerprint density at radius 2 is 1.52 bits per heavy atom. The van der Waals surface area contributed by atoms with Crippen LogP contribution in [0.5, 0.6) is 0 Å². The van der Waals surface area contributed by atoms with Crippen molar-refractivity contribution in [2.75, 3.05) is 0 Å². The third-order valence-corrected chi connectivity index (χ3v) is 19.7. The Labute approximate surface area is 128 Å². The second-order valence-electron chi connectivity index (χ2n) is 7.26. The molecule has 1 heterocycles. The van der Waals surface area contributed by atoms with Gasteiger partial charge in [0.25, 0.3) is 0 Å². The maximum atomic E-state index is 2.72. The SMILES string of the molecule is [CH3][Ti]1([C]2=CC=CC2)([C]2=CC=CC2)[CH2]C[CH]1c1ccccc1. The van der Waals surface area contributed by atoms with Gasteiger partial charge in [0, 0.05) is 0 Å². The van der Waals surface area contributed by atoms with E-state index in [1.807, 2.05) is 7.76 Å². The molecule has 1 fully saturated rings. The zero-order valence-corrected chi connectivity index (χ0v) is 14.3. The summed E-state index contributed by atoms with van der Waals surface area (Å²) >= 11 is -2.78. The average Bonchev–Trinajstić information content (AvgIpc) is 3.20. The van der Waals surface area contributed by atoms with E-state index in [9.17, 15) is 0 Å². The fraction of sp³-hybridized carbons (Fsp3) is 0.300. The van der Waals surface area contributed by atoms with E-state index in [2.05, 4.69) is 72.0 Å². The maximum absolute atomic E-state index is 2.78. The van der Waals surface area contributed by atoms with Gasteiger partial charge in [0.15, 0.2) is 0 Å². The topological polar surface area (TPSA) is 0 Å². The van der Waals surface area contributed by atoms with Crippen molar-refractivity contribution in [3.63, 3.8) is 0 Å². The Morgan fingerprint density at radius 3 is 1.95 bits per heavy atom. The van der Waals surface area contributed by atoms with Gasteiger partial charge in [-0.05, 0) is 0 Å². The van der Waals surface area contributed by atoms with E-state index >= 15 is 0 Å². The van der Waals surface area contributed by atoms with Crippen LogP contribution in [0.15, 0.2) is 74.5 Å². The van der Waals surface area contributed by atoms with Gasteiger partial charge in [-0.1, -0.05) is 0 Å². The Morgan fingerprint density at radius 1 is 0.905 bits per heavy atom. The fourth-order valence-electron chi connectivity index (χ4n) is 5.07. The first kappa shape index (κ1) is 13.5. The molecule has 1 aliphatic heterocycles. The van der Waals surface area contributed by atoms with Crippen LogP contribution in [0.4, 0.5) is 0 Å². The summed E-state index contributed by atoms with van der Waals surface area (Å²) in [5.74, 6) is 0. The van der Waals surface area contributed by atoms with Gasteiger partial charge in [0.05, 0.1) is 0 Å². The Kier molecular flexibility index (Phi) is 3.03. The Balaban J connectivity index is 1.86. The van der Waals surface area contributed by atoms with Gasteiger partial charge in [-0.25, -0.2) is 0 Å². The predicted octanol–water partition coefficient (Wildman–Crippen LogP) is 5.98. The van der Waals surface area contributed by atoms with Crippen LogP contribution in [0, 0.1) is 0 Å². The molecule has 1 atom stereocenters. The van der Waals surface area contributed by atoms with Crippen molar-refractivity contribution in [3.8, 4) is 0 Å². The van der Waals surface area contributed by atoms with Gasteiger partial charge in [0.2, 0.25) is 0 Å². The molecule has 0 aromatic heterocycles. The molecule has 1 unspecified atom stereocenters. The molecule has 0 N–H and O–H groups in total. The van der Waals surface area contributed by atoms with Crippen molar-refractivity contribution in [1.29, 1.82) is 0 Å². The minimum absolute atomic E-state index is 0.806. The van der Waals surface area contributed by atoms with E-state index in [1.165, 1.54) is 24.0 Å². The molecule has 0 nitrogen and oxygen atoms in total. The van der Waals surface area contributed by atoms with E-state index < -0.39 is 15.3 Å². The molecule has 2 aliphatic carbocycles. The first-order chi connectivity index (χ1) is 10.2. The molecular weight excluding hydrogens is 288 g/mol. The van der Waals surface area contributed by atoms with E-state index in [0.29, 0.717) is 0 Å². The van der Waals surface area contributed by atoms with Gasteiger partial charge in [-0.15, -0.1) is 0 Å². The molecule has 0 bridgehead atoms. The third kappa shape index (κ3) is 1.73. The number of allylic oxidation sites excluding steroid dienone is 8. The molecule has 21 heavy (non-hydrogen) atoms. The van der Waals surface area contributed by atoms with Crippen LogP contribution >= 0.6 is 0 Å². The Hall–Kier alpha value is -1.11. The van der Waals surface area contributed by atoms with Crippen LogP contribution in [-0.2, 0) is 15.3 Å². The van der Waals surface area contributed by atoms with Crippen LogP contribution in [-0.4, -0.2) is 0 Å². The molecule has 107 valence electrons. The number of hydrogen-bond acceptors (Lipinski definition) is 0. The predicted molar refractivity (Wildman–Crippen MR) is 88.2 cm³/mol. The van der Waals surface area contributed by atoms with Crippen molar-refractivity contribution in [3.05, 3.63) is 80.1 Å². The summed E-state index contributed by atoms with van der Waals surface area (Å²) in [6, 6.07) is 11.3. The second kappa shape index (κ2) is 4.70. The van der Waals surface area contributed by atoms with E-state index in [1.54, 1.807) is 5.56 Å². The average molecular weight is 311 g/mol. The van der Waals surface area contributed by atoms with Crippen molar-refractivity contribution in [1.82, 2.24) is 0 Å². The summed E-state index contributed by atoms with van der Waals surface area (Å²) in [5.41, 5.74) is 1.59. The summed E-state index contributed by atoms with van der Waals surface area (Å²) in [4.78, 5) is 0. The molecule has 0 saturated carbocycles. The molecule has 1 aromatic rings. The summed E-state index contributed by atoms with van der Waals surface area (Å²) in [6.45, 7) is 0. The van der Waals surface area contributed by atoms with Crippen molar-refractivity contribution < 1.29 is 15.3 Å². The van der Waals surface area contributed by atoms with Crippen LogP contribution < -0.4 is 0 Å². The number of benzene rings is 1. The minimum atomic E-state index is -2.78. The molecule has 1 aromatic carbocycles. The molecule has 0 amide bonds. The van der Waals surface area contributed by atoms with Crippen molar-refractivity contribution in [2.45, 2.75) is 33.4 Å².